The van der Waals surface area contributed by atoms with Crippen LogP contribution in [0.15, 0.2) is 32.5 Å². The molecule has 0 fully saturated rings. The fourth-order valence-electron chi connectivity index (χ4n) is 2.86. The highest BCUT2D eigenvalue weighted by Gasteiger charge is 2.14. The Morgan fingerprint density at radius 2 is 2.00 bits per heavy atom. The monoisotopic (exact) mass is 455 g/mol. The smallest absolute Gasteiger partial charge is 0.332 e. The molecule has 0 atom stereocenters. The van der Waals surface area contributed by atoms with Crippen LogP contribution >= 0.6 is 27.5 Å². The molecule has 2 aromatic heterocycles. The molecule has 0 spiro atoms. The molecule has 3 aromatic rings. The Hall–Kier alpha value is -2.26. The van der Waals surface area contributed by atoms with Crippen molar-refractivity contribution in [1.82, 2.24) is 18.7 Å². The van der Waals surface area contributed by atoms with E-state index in [4.69, 9.17) is 16.3 Å². The van der Waals surface area contributed by atoms with Crippen LogP contribution in [0.5, 0.6) is 5.75 Å². The minimum absolute atomic E-state index is 0.364. The first-order chi connectivity index (χ1) is 12.8. The van der Waals surface area contributed by atoms with Crippen LogP contribution in [0.1, 0.15) is 6.92 Å². The van der Waals surface area contributed by atoms with E-state index in [-0.39, 0.29) is 5.56 Å². The van der Waals surface area contributed by atoms with Crippen molar-refractivity contribution >= 4 is 44.4 Å². The quantitative estimate of drug-likeness (QED) is 0.616. The van der Waals surface area contributed by atoms with Crippen LogP contribution in [0.3, 0.4) is 0 Å². The number of anilines is 1. The molecule has 0 bridgehead atoms. The summed E-state index contributed by atoms with van der Waals surface area (Å²) in [7, 11) is 3.05. The predicted octanol–water partition coefficient (Wildman–Crippen LogP) is 2.36. The third-order valence-electron chi connectivity index (χ3n) is 4.18. The number of nitrogens with zero attached hydrogens (tertiary/aromatic N) is 4. The lowest BCUT2D eigenvalue weighted by Gasteiger charge is -2.15. The van der Waals surface area contributed by atoms with Crippen LogP contribution in [-0.2, 0) is 20.6 Å². The second-order valence-corrected chi connectivity index (χ2v) is 7.23. The SMILES string of the molecule is CCOc1c(Br)cc(Cl)cc1NCCn1cnc2c1c(=O)n(C)c(=O)n2C. The Labute approximate surface area is 168 Å². The molecular weight excluding hydrogens is 438 g/mol. The maximum Gasteiger partial charge on any atom is 0.332 e. The fraction of sp³-hybridized carbons (Fsp3) is 0.353. The zero-order valence-corrected chi connectivity index (χ0v) is 17.5. The molecule has 1 N–H and O–H groups in total. The lowest BCUT2D eigenvalue weighted by molar-refractivity contribution is 0.339. The minimum Gasteiger partial charge on any atom is -0.491 e. The lowest BCUT2D eigenvalue weighted by Crippen LogP contribution is -2.37. The largest absolute Gasteiger partial charge is 0.491 e. The van der Waals surface area contributed by atoms with Gasteiger partial charge in [-0.25, -0.2) is 9.78 Å². The van der Waals surface area contributed by atoms with Crippen molar-refractivity contribution in [2.45, 2.75) is 13.5 Å². The average molecular weight is 457 g/mol. The van der Waals surface area contributed by atoms with Gasteiger partial charge in [0.15, 0.2) is 16.9 Å². The topological polar surface area (TPSA) is 83.1 Å². The van der Waals surface area contributed by atoms with Gasteiger partial charge in [0.25, 0.3) is 5.56 Å². The average Bonchev–Trinajstić information content (AvgIpc) is 3.05. The number of aromatic nitrogens is 4. The molecule has 144 valence electrons. The molecule has 3 rings (SSSR count). The summed E-state index contributed by atoms with van der Waals surface area (Å²) in [5.41, 5.74) is 0.732. The third-order valence-corrected chi connectivity index (χ3v) is 4.99. The van der Waals surface area contributed by atoms with Gasteiger partial charge in [0.1, 0.15) is 0 Å². The highest BCUT2D eigenvalue weighted by Crippen LogP contribution is 2.36. The lowest BCUT2D eigenvalue weighted by atomic mass is 10.3. The maximum absolute atomic E-state index is 12.5. The van der Waals surface area contributed by atoms with E-state index in [1.165, 1.54) is 11.6 Å². The minimum atomic E-state index is -0.402. The molecule has 0 unspecified atom stereocenters. The van der Waals surface area contributed by atoms with Crippen LogP contribution < -0.4 is 21.3 Å². The number of fused-ring (bicyclic) bond motifs is 1. The van der Waals surface area contributed by atoms with Crippen molar-refractivity contribution < 1.29 is 4.74 Å². The third kappa shape index (κ3) is 3.61. The number of imidazole rings is 1. The first-order valence-corrected chi connectivity index (χ1v) is 9.48. The van der Waals surface area contributed by atoms with E-state index in [9.17, 15) is 9.59 Å². The zero-order valence-electron chi connectivity index (χ0n) is 15.1. The number of halogens is 2. The Balaban J connectivity index is 1.87. The summed E-state index contributed by atoms with van der Waals surface area (Å²) < 4.78 is 10.6. The van der Waals surface area contributed by atoms with Gasteiger partial charge in [-0.3, -0.25) is 13.9 Å². The summed E-state index contributed by atoms with van der Waals surface area (Å²) in [5.74, 6) is 0.677. The molecule has 8 nitrogen and oxygen atoms in total. The molecular formula is C17H19BrClN5O3. The molecule has 0 aliphatic heterocycles. The molecule has 0 radical (unpaired) electrons. The molecule has 0 saturated carbocycles. The Kier molecular flexibility index (Phi) is 5.61. The number of rotatable bonds is 6. The number of benzene rings is 1. The standard InChI is InChI=1S/C17H19BrClN5O3/c1-4-27-14-11(18)7-10(19)8-12(14)20-5-6-24-9-21-15-13(24)16(25)23(3)17(26)22(15)2/h7-9,20H,4-6H2,1-3H3. The maximum atomic E-state index is 12.5. The van der Waals surface area contributed by atoms with Gasteiger partial charge in [-0.2, -0.15) is 0 Å². The summed E-state index contributed by atoms with van der Waals surface area (Å²) in [6, 6.07) is 3.55. The van der Waals surface area contributed by atoms with Crippen molar-refractivity contribution in [3.8, 4) is 5.75 Å². The highest BCUT2D eigenvalue weighted by molar-refractivity contribution is 9.10. The molecule has 0 amide bonds. The Bertz CT molecular complexity index is 1120. The number of hydrogen-bond donors (Lipinski definition) is 1. The van der Waals surface area contributed by atoms with Crippen LogP contribution in [0, 0.1) is 0 Å². The van der Waals surface area contributed by atoms with Crippen LogP contribution in [0.4, 0.5) is 5.69 Å². The Morgan fingerprint density at radius 3 is 2.70 bits per heavy atom. The van der Waals surface area contributed by atoms with Crippen LogP contribution in [0.2, 0.25) is 5.02 Å². The van der Waals surface area contributed by atoms with Crippen molar-refractivity contribution in [2.75, 3.05) is 18.5 Å². The van der Waals surface area contributed by atoms with Gasteiger partial charge >= 0.3 is 5.69 Å². The van der Waals surface area contributed by atoms with E-state index in [1.807, 2.05) is 6.92 Å². The first-order valence-electron chi connectivity index (χ1n) is 8.31. The van der Waals surface area contributed by atoms with Gasteiger partial charge in [0, 0.05) is 32.2 Å². The summed E-state index contributed by atoms with van der Waals surface area (Å²) in [6.45, 7) is 3.40. The molecule has 10 heteroatoms. The molecule has 1 aromatic carbocycles. The normalized spacial score (nSPS) is 11.1. The van der Waals surface area contributed by atoms with Gasteiger partial charge < -0.3 is 14.6 Å². The number of hydrogen-bond acceptors (Lipinski definition) is 5. The van der Waals surface area contributed by atoms with Gasteiger partial charge in [-0.15, -0.1) is 0 Å². The van der Waals surface area contributed by atoms with Gasteiger partial charge in [-0.05, 0) is 35.0 Å². The van der Waals surface area contributed by atoms with Gasteiger partial charge in [-0.1, -0.05) is 11.6 Å². The Morgan fingerprint density at radius 1 is 1.26 bits per heavy atom. The van der Waals surface area contributed by atoms with Crippen molar-refractivity contribution in [1.29, 1.82) is 0 Å². The predicted molar refractivity (Wildman–Crippen MR) is 109 cm³/mol. The number of aryl methyl sites for hydroxylation is 1. The molecule has 0 aliphatic rings. The van der Waals surface area contributed by atoms with E-state index in [0.717, 1.165) is 14.7 Å². The summed E-state index contributed by atoms with van der Waals surface area (Å²) in [6.07, 6.45) is 1.56. The van der Waals surface area contributed by atoms with Gasteiger partial charge in [0.05, 0.1) is 23.1 Å². The molecule has 27 heavy (non-hydrogen) atoms. The number of ether oxygens (including phenoxy) is 1. The van der Waals surface area contributed by atoms with Crippen LogP contribution in [0.25, 0.3) is 11.2 Å². The van der Waals surface area contributed by atoms with Crippen molar-refractivity contribution in [3.63, 3.8) is 0 Å². The van der Waals surface area contributed by atoms with Gasteiger partial charge in [0.2, 0.25) is 0 Å². The van der Waals surface area contributed by atoms with Crippen molar-refractivity contribution in [3.05, 3.63) is 48.8 Å². The summed E-state index contributed by atoms with van der Waals surface area (Å²) in [5, 5.41) is 3.85. The first kappa shape index (κ1) is 19.5. The molecule has 0 saturated heterocycles. The molecule has 2 heterocycles. The van der Waals surface area contributed by atoms with E-state index < -0.39 is 5.69 Å². The second kappa shape index (κ2) is 7.77. The van der Waals surface area contributed by atoms with E-state index in [2.05, 4.69) is 26.2 Å². The van der Waals surface area contributed by atoms with E-state index >= 15 is 0 Å². The number of nitrogens with one attached hydrogen (secondary N) is 1. The molecule has 0 aliphatic carbocycles. The highest BCUT2D eigenvalue weighted by atomic mass is 79.9. The summed E-state index contributed by atoms with van der Waals surface area (Å²) >= 11 is 9.59. The zero-order chi connectivity index (χ0) is 19.7. The fourth-order valence-corrected chi connectivity index (χ4v) is 3.78. The second-order valence-electron chi connectivity index (χ2n) is 5.94. The van der Waals surface area contributed by atoms with Crippen LogP contribution in [-0.4, -0.2) is 31.8 Å². The van der Waals surface area contributed by atoms with E-state index in [1.54, 1.807) is 30.1 Å². The summed E-state index contributed by atoms with van der Waals surface area (Å²) in [4.78, 5) is 28.7. The van der Waals surface area contributed by atoms with E-state index in [0.29, 0.717) is 41.6 Å². The van der Waals surface area contributed by atoms with Crippen molar-refractivity contribution in [2.24, 2.45) is 14.1 Å².